The molecule has 0 radical (unpaired) electrons. The third-order valence-electron chi connectivity index (χ3n) is 1.87. The van der Waals surface area contributed by atoms with E-state index in [9.17, 15) is 19.1 Å². The van der Waals surface area contributed by atoms with Gasteiger partial charge in [-0.1, -0.05) is 0 Å². The Hall–Kier alpha value is -1.91. The van der Waals surface area contributed by atoms with Gasteiger partial charge in [0.25, 0.3) is 0 Å². The van der Waals surface area contributed by atoms with Crippen LogP contribution in [0.4, 0.5) is 4.39 Å². The smallest absolute Gasteiger partial charge is 0.313 e. The van der Waals surface area contributed by atoms with Crippen LogP contribution in [-0.4, -0.2) is 23.5 Å². The molecule has 0 unspecified atom stereocenters. The molecule has 16 heavy (non-hydrogen) atoms. The van der Waals surface area contributed by atoms with Crippen molar-refractivity contribution in [3.8, 4) is 5.75 Å². The van der Waals surface area contributed by atoms with Crippen LogP contribution in [0.3, 0.4) is 0 Å². The van der Waals surface area contributed by atoms with Crippen molar-refractivity contribution in [1.29, 1.82) is 0 Å². The van der Waals surface area contributed by atoms with Gasteiger partial charge in [-0.05, 0) is 19.1 Å². The van der Waals surface area contributed by atoms with Crippen LogP contribution in [0.15, 0.2) is 18.2 Å². The Bertz CT molecular complexity index is 414. The molecular formula is C11H11FO4. The van der Waals surface area contributed by atoms with Gasteiger partial charge in [0.15, 0.2) is 5.78 Å². The number of benzene rings is 1. The zero-order chi connectivity index (χ0) is 12.1. The third kappa shape index (κ3) is 3.05. The summed E-state index contributed by atoms with van der Waals surface area (Å²) in [6, 6.07) is 2.99. The lowest BCUT2D eigenvalue weighted by molar-refractivity contribution is -0.141. The van der Waals surface area contributed by atoms with Crippen LogP contribution in [-0.2, 0) is 9.53 Å². The molecule has 0 bridgehead atoms. The van der Waals surface area contributed by atoms with E-state index in [4.69, 9.17) is 0 Å². The summed E-state index contributed by atoms with van der Waals surface area (Å²) in [5.41, 5.74) is -0.0885. The summed E-state index contributed by atoms with van der Waals surface area (Å²) in [4.78, 5) is 22.5. The van der Waals surface area contributed by atoms with Gasteiger partial charge < -0.3 is 9.84 Å². The van der Waals surface area contributed by atoms with Crippen molar-refractivity contribution in [2.75, 3.05) is 6.61 Å². The van der Waals surface area contributed by atoms with E-state index in [0.29, 0.717) is 0 Å². The van der Waals surface area contributed by atoms with Crippen LogP contribution >= 0.6 is 0 Å². The van der Waals surface area contributed by atoms with Crippen LogP contribution in [0.25, 0.3) is 0 Å². The Kier molecular flexibility index (Phi) is 3.99. The number of ketones is 1. The number of phenolic OH excluding ortho intramolecular Hbond substituents is 1. The second-order valence-corrected chi connectivity index (χ2v) is 3.07. The molecule has 0 heterocycles. The third-order valence-corrected chi connectivity index (χ3v) is 1.87. The molecule has 0 saturated carbocycles. The van der Waals surface area contributed by atoms with E-state index in [0.717, 1.165) is 18.2 Å². The van der Waals surface area contributed by atoms with E-state index < -0.39 is 29.7 Å². The molecule has 0 fully saturated rings. The summed E-state index contributed by atoms with van der Waals surface area (Å²) in [7, 11) is 0. The Labute approximate surface area is 91.7 Å². The monoisotopic (exact) mass is 226 g/mol. The molecule has 1 rings (SSSR count). The van der Waals surface area contributed by atoms with Crippen molar-refractivity contribution in [1.82, 2.24) is 0 Å². The molecule has 0 aromatic heterocycles. The zero-order valence-electron chi connectivity index (χ0n) is 8.70. The maximum Gasteiger partial charge on any atom is 0.313 e. The summed E-state index contributed by atoms with van der Waals surface area (Å²) in [5, 5.41) is 9.29. The molecule has 4 nitrogen and oxygen atoms in total. The summed E-state index contributed by atoms with van der Waals surface area (Å²) < 4.78 is 17.2. The van der Waals surface area contributed by atoms with Crippen molar-refractivity contribution in [3.05, 3.63) is 29.6 Å². The highest BCUT2D eigenvalue weighted by Gasteiger charge is 2.16. The van der Waals surface area contributed by atoms with Gasteiger partial charge in [-0.2, -0.15) is 0 Å². The van der Waals surface area contributed by atoms with Gasteiger partial charge >= 0.3 is 5.97 Å². The van der Waals surface area contributed by atoms with Crippen molar-refractivity contribution in [2.45, 2.75) is 13.3 Å². The minimum atomic E-state index is -0.670. The molecule has 0 saturated heterocycles. The fourth-order valence-electron chi connectivity index (χ4n) is 1.18. The van der Waals surface area contributed by atoms with Gasteiger partial charge in [0, 0.05) is 6.07 Å². The number of rotatable bonds is 4. The Morgan fingerprint density at radius 3 is 2.69 bits per heavy atom. The minimum absolute atomic E-state index is 0.0885. The van der Waals surface area contributed by atoms with E-state index in [1.165, 1.54) is 0 Å². The van der Waals surface area contributed by atoms with Crippen molar-refractivity contribution >= 4 is 11.8 Å². The van der Waals surface area contributed by atoms with E-state index in [-0.39, 0.29) is 12.2 Å². The molecule has 0 aliphatic carbocycles. The maximum atomic E-state index is 12.6. The lowest BCUT2D eigenvalue weighted by Crippen LogP contribution is -2.11. The number of esters is 1. The summed E-state index contributed by atoms with van der Waals surface area (Å²) >= 11 is 0. The lowest BCUT2D eigenvalue weighted by Gasteiger charge is -2.03. The molecule has 5 heteroatoms. The average Bonchev–Trinajstić information content (AvgIpc) is 2.17. The number of aromatic hydroxyl groups is 1. The summed E-state index contributed by atoms with van der Waals surface area (Å²) in [6.07, 6.45) is -0.465. The van der Waals surface area contributed by atoms with Crippen molar-refractivity contribution < 1.29 is 23.8 Å². The van der Waals surface area contributed by atoms with Crippen molar-refractivity contribution in [3.63, 3.8) is 0 Å². The summed E-state index contributed by atoms with van der Waals surface area (Å²) in [6.45, 7) is 1.80. The topological polar surface area (TPSA) is 63.6 Å². The molecule has 1 aromatic carbocycles. The first-order valence-electron chi connectivity index (χ1n) is 4.72. The predicted molar refractivity (Wildman–Crippen MR) is 53.6 cm³/mol. The van der Waals surface area contributed by atoms with Gasteiger partial charge in [-0.3, -0.25) is 9.59 Å². The highest BCUT2D eigenvalue weighted by atomic mass is 19.1. The van der Waals surface area contributed by atoms with E-state index >= 15 is 0 Å². The minimum Gasteiger partial charge on any atom is -0.507 e. The number of carbonyl (C=O) groups is 2. The van der Waals surface area contributed by atoms with E-state index in [1.807, 2.05) is 0 Å². The maximum absolute atomic E-state index is 12.6. The number of ether oxygens (including phenoxy) is 1. The molecular weight excluding hydrogens is 215 g/mol. The fourth-order valence-corrected chi connectivity index (χ4v) is 1.18. The molecule has 1 aromatic rings. The van der Waals surface area contributed by atoms with Crippen LogP contribution < -0.4 is 0 Å². The molecule has 86 valence electrons. The Balaban J connectivity index is 2.77. The van der Waals surface area contributed by atoms with Crippen LogP contribution in [0, 0.1) is 5.82 Å². The van der Waals surface area contributed by atoms with Crippen LogP contribution in [0.1, 0.15) is 23.7 Å². The molecule has 0 aliphatic rings. The van der Waals surface area contributed by atoms with Gasteiger partial charge in [-0.25, -0.2) is 4.39 Å². The molecule has 1 N–H and O–H groups in total. The second-order valence-electron chi connectivity index (χ2n) is 3.07. The van der Waals surface area contributed by atoms with Crippen LogP contribution in [0.5, 0.6) is 5.75 Å². The van der Waals surface area contributed by atoms with Crippen molar-refractivity contribution in [2.24, 2.45) is 0 Å². The molecule has 0 amide bonds. The first-order valence-corrected chi connectivity index (χ1v) is 4.72. The van der Waals surface area contributed by atoms with Gasteiger partial charge in [0.05, 0.1) is 12.2 Å². The molecule has 0 atom stereocenters. The Morgan fingerprint density at radius 2 is 2.12 bits per heavy atom. The number of Topliss-reactive ketones (excluding diaryl/α,β-unsaturated/α-hetero) is 1. The van der Waals surface area contributed by atoms with E-state index in [2.05, 4.69) is 4.74 Å². The number of hydrogen-bond donors (Lipinski definition) is 1. The SMILES string of the molecule is CCOC(=O)CC(=O)c1ccc(F)cc1O. The normalized spacial score (nSPS) is 9.88. The quantitative estimate of drug-likeness (QED) is 0.482. The molecule has 0 spiro atoms. The average molecular weight is 226 g/mol. The summed E-state index contributed by atoms with van der Waals surface area (Å²) in [5.74, 6) is -2.40. The van der Waals surface area contributed by atoms with Gasteiger partial charge in [-0.15, -0.1) is 0 Å². The molecule has 0 aliphatic heterocycles. The van der Waals surface area contributed by atoms with Gasteiger partial charge in [0.2, 0.25) is 0 Å². The number of hydrogen-bond acceptors (Lipinski definition) is 4. The first kappa shape index (κ1) is 12.2. The number of halogens is 1. The van der Waals surface area contributed by atoms with Gasteiger partial charge in [0.1, 0.15) is 18.0 Å². The largest absolute Gasteiger partial charge is 0.507 e. The second kappa shape index (κ2) is 5.25. The number of phenols is 1. The predicted octanol–water partition coefficient (Wildman–Crippen LogP) is 1.67. The highest BCUT2D eigenvalue weighted by molar-refractivity contribution is 6.07. The zero-order valence-corrected chi connectivity index (χ0v) is 8.70. The fraction of sp³-hybridized carbons (Fsp3) is 0.273. The standard InChI is InChI=1S/C11H11FO4/c1-2-16-11(15)6-10(14)8-4-3-7(12)5-9(8)13/h3-5,13H,2,6H2,1H3. The number of carbonyl (C=O) groups excluding carboxylic acids is 2. The van der Waals surface area contributed by atoms with E-state index in [1.54, 1.807) is 6.92 Å². The Morgan fingerprint density at radius 1 is 1.44 bits per heavy atom. The van der Waals surface area contributed by atoms with Crippen LogP contribution in [0.2, 0.25) is 0 Å². The highest BCUT2D eigenvalue weighted by Crippen LogP contribution is 2.19. The lowest BCUT2D eigenvalue weighted by atomic mass is 10.1. The first-order chi connectivity index (χ1) is 7.54.